The summed E-state index contributed by atoms with van der Waals surface area (Å²) in [7, 11) is 0. The second kappa shape index (κ2) is 5.81. The van der Waals surface area contributed by atoms with Crippen molar-refractivity contribution >= 4 is 0 Å². The molecule has 0 aliphatic rings. The topological polar surface area (TPSA) is 35.8 Å². The molecule has 0 aliphatic heterocycles. The first kappa shape index (κ1) is 12.2. The fraction of sp³-hybridized carbons (Fsp3) is 0.875. The van der Waals surface area contributed by atoms with E-state index in [1.165, 1.54) is 6.07 Å². The number of unbranched alkanes of at least 4 members (excludes halogenated alkanes) is 1. The SMILES string of the molecule is CCCCNCC(C#N)C(F)(F)F. The zero-order chi connectivity index (χ0) is 10.3. The molecule has 0 saturated carbocycles. The largest absolute Gasteiger partial charge is 0.405 e. The lowest BCUT2D eigenvalue weighted by Gasteiger charge is -2.13. The van der Waals surface area contributed by atoms with Crippen molar-refractivity contribution in [2.75, 3.05) is 13.1 Å². The molecule has 0 saturated heterocycles. The number of nitrogens with one attached hydrogen (secondary N) is 1. The standard InChI is InChI=1S/C8H13F3N2/c1-2-3-4-13-6-7(5-12)8(9,10)11/h7,13H,2-4,6H2,1H3. The van der Waals surface area contributed by atoms with Crippen molar-refractivity contribution in [2.45, 2.75) is 25.9 Å². The Bertz CT molecular complexity index is 171. The van der Waals surface area contributed by atoms with E-state index in [0.717, 1.165) is 12.8 Å². The number of rotatable bonds is 5. The molecule has 0 aliphatic carbocycles. The molecule has 76 valence electrons. The normalized spacial score (nSPS) is 13.8. The third-order valence-corrected chi connectivity index (χ3v) is 1.61. The van der Waals surface area contributed by atoms with Gasteiger partial charge in [0.15, 0.2) is 5.92 Å². The molecule has 0 spiro atoms. The second-order valence-corrected chi connectivity index (χ2v) is 2.78. The van der Waals surface area contributed by atoms with Crippen molar-refractivity contribution in [3.63, 3.8) is 0 Å². The highest BCUT2D eigenvalue weighted by molar-refractivity contribution is 4.89. The van der Waals surface area contributed by atoms with E-state index in [-0.39, 0.29) is 6.54 Å². The van der Waals surface area contributed by atoms with Gasteiger partial charge in [0, 0.05) is 6.54 Å². The summed E-state index contributed by atoms with van der Waals surface area (Å²) in [6.07, 6.45) is -2.65. The fourth-order valence-electron chi connectivity index (χ4n) is 0.783. The van der Waals surface area contributed by atoms with E-state index in [1.807, 2.05) is 6.92 Å². The molecular formula is C8H13F3N2. The van der Waals surface area contributed by atoms with Gasteiger partial charge in [-0.15, -0.1) is 0 Å². The highest BCUT2D eigenvalue weighted by Gasteiger charge is 2.39. The third kappa shape index (κ3) is 5.47. The van der Waals surface area contributed by atoms with E-state index in [2.05, 4.69) is 5.32 Å². The minimum absolute atomic E-state index is 0.306. The molecular weight excluding hydrogens is 181 g/mol. The average Bonchev–Trinajstić information content (AvgIpc) is 2.02. The number of alkyl halides is 3. The molecule has 1 atom stereocenters. The number of nitriles is 1. The Labute approximate surface area is 75.7 Å². The first-order chi connectivity index (χ1) is 6.02. The summed E-state index contributed by atoms with van der Waals surface area (Å²) in [5.41, 5.74) is 0. The van der Waals surface area contributed by atoms with Gasteiger partial charge in [-0.1, -0.05) is 13.3 Å². The quantitative estimate of drug-likeness (QED) is 0.680. The Balaban J connectivity index is 3.69. The molecule has 0 aromatic carbocycles. The van der Waals surface area contributed by atoms with Crippen LogP contribution in [-0.4, -0.2) is 19.3 Å². The van der Waals surface area contributed by atoms with Crippen molar-refractivity contribution in [1.29, 1.82) is 5.26 Å². The molecule has 1 unspecified atom stereocenters. The lowest BCUT2D eigenvalue weighted by Crippen LogP contribution is -2.32. The maximum Gasteiger partial charge on any atom is 0.405 e. The minimum Gasteiger partial charge on any atom is -0.315 e. The molecule has 0 aromatic heterocycles. The molecule has 0 radical (unpaired) electrons. The van der Waals surface area contributed by atoms with Crippen LogP contribution in [0, 0.1) is 17.2 Å². The van der Waals surface area contributed by atoms with Crippen LogP contribution in [0.25, 0.3) is 0 Å². The van der Waals surface area contributed by atoms with Crippen molar-refractivity contribution in [1.82, 2.24) is 5.32 Å². The smallest absolute Gasteiger partial charge is 0.315 e. The van der Waals surface area contributed by atoms with Gasteiger partial charge in [-0.3, -0.25) is 0 Å². The molecule has 0 amide bonds. The number of hydrogen-bond acceptors (Lipinski definition) is 2. The first-order valence-electron chi connectivity index (χ1n) is 4.19. The lowest BCUT2D eigenvalue weighted by molar-refractivity contribution is -0.157. The van der Waals surface area contributed by atoms with Gasteiger partial charge in [0.25, 0.3) is 0 Å². The summed E-state index contributed by atoms with van der Waals surface area (Å²) in [6.45, 7) is 2.18. The maximum atomic E-state index is 12.0. The molecule has 0 bridgehead atoms. The van der Waals surface area contributed by atoms with Crippen molar-refractivity contribution < 1.29 is 13.2 Å². The van der Waals surface area contributed by atoms with Gasteiger partial charge in [0.2, 0.25) is 0 Å². The van der Waals surface area contributed by atoms with Gasteiger partial charge in [-0.2, -0.15) is 18.4 Å². The van der Waals surface area contributed by atoms with Crippen LogP contribution in [0.3, 0.4) is 0 Å². The Morgan fingerprint density at radius 1 is 1.46 bits per heavy atom. The van der Waals surface area contributed by atoms with Crippen molar-refractivity contribution in [3.05, 3.63) is 0 Å². The molecule has 0 rings (SSSR count). The first-order valence-corrected chi connectivity index (χ1v) is 4.19. The summed E-state index contributed by atoms with van der Waals surface area (Å²) in [5, 5.41) is 10.8. The van der Waals surface area contributed by atoms with Gasteiger partial charge in [-0.25, -0.2) is 0 Å². The van der Waals surface area contributed by atoms with Gasteiger partial charge < -0.3 is 5.32 Å². The number of nitrogens with zero attached hydrogens (tertiary/aromatic N) is 1. The van der Waals surface area contributed by atoms with Crippen molar-refractivity contribution in [3.8, 4) is 6.07 Å². The molecule has 0 fully saturated rings. The molecule has 1 N–H and O–H groups in total. The Morgan fingerprint density at radius 2 is 2.08 bits per heavy atom. The molecule has 5 heteroatoms. The summed E-state index contributed by atoms with van der Waals surface area (Å²) in [4.78, 5) is 0. The van der Waals surface area contributed by atoms with E-state index in [0.29, 0.717) is 6.54 Å². The number of halogens is 3. The fourth-order valence-corrected chi connectivity index (χ4v) is 0.783. The van der Waals surface area contributed by atoms with E-state index < -0.39 is 12.1 Å². The monoisotopic (exact) mass is 194 g/mol. The summed E-state index contributed by atoms with van der Waals surface area (Å²) >= 11 is 0. The Hall–Kier alpha value is -0.760. The van der Waals surface area contributed by atoms with Crippen LogP contribution in [0.5, 0.6) is 0 Å². The van der Waals surface area contributed by atoms with E-state index >= 15 is 0 Å². The summed E-state index contributed by atoms with van der Waals surface area (Å²) in [6, 6.07) is 1.23. The zero-order valence-corrected chi connectivity index (χ0v) is 7.49. The van der Waals surface area contributed by atoms with Crippen LogP contribution < -0.4 is 5.32 Å². The van der Waals surface area contributed by atoms with Crippen LogP contribution in [-0.2, 0) is 0 Å². The van der Waals surface area contributed by atoms with Crippen molar-refractivity contribution in [2.24, 2.45) is 5.92 Å². The Morgan fingerprint density at radius 3 is 2.46 bits per heavy atom. The Kier molecular flexibility index (Phi) is 5.47. The number of hydrogen-bond donors (Lipinski definition) is 1. The van der Waals surface area contributed by atoms with E-state index in [4.69, 9.17) is 5.26 Å². The van der Waals surface area contributed by atoms with Crippen LogP contribution in [0.4, 0.5) is 13.2 Å². The van der Waals surface area contributed by atoms with Gasteiger partial charge in [-0.05, 0) is 13.0 Å². The van der Waals surface area contributed by atoms with Crippen LogP contribution in [0.2, 0.25) is 0 Å². The summed E-state index contributed by atoms with van der Waals surface area (Å²) in [5.74, 6) is -1.88. The maximum absolute atomic E-state index is 12.0. The predicted octanol–water partition coefficient (Wildman–Crippen LogP) is 2.08. The third-order valence-electron chi connectivity index (χ3n) is 1.61. The molecule has 0 aromatic rings. The van der Waals surface area contributed by atoms with Crippen LogP contribution >= 0.6 is 0 Å². The van der Waals surface area contributed by atoms with Crippen LogP contribution in [0.15, 0.2) is 0 Å². The van der Waals surface area contributed by atoms with E-state index in [9.17, 15) is 13.2 Å². The van der Waals surface area contributed by atoms with Gasteiger partial charge in [0.05, 0.1) is 6.07 Å². The van der Waals surface area contributed by atoms with Gasteiger partial charge >= 0.3 is 6.18 Å². The van der Waals surface area contributed by atoms with E-state index in [1.54, 1.807) is 0 Å². The summed E-state index contributed by atoms with van der Waals surface area (Å²) < 4.78 is 35.9. The highest BCUT2D eigenvalue weighted by Crippen LogP contribution is 2.24. The predicted molar refractivity (Wildman–Crippen MR) is 42.9 cm³/mol. The zero-order valence-electron chi connectivity index (χ0n) is 7.49. The van der Waals surface area contributed by atoms with Crippen LogP contribution in [0.1, 0.15) is 19.8 Å². The average molecular weight is 194 g/mol. The minimum atomic E-state index is -4.41. The highest BCUT2D eigenvalue weighted by atomic mass is 19.4. The molecule has 2 nitrogen and oxygen atoms in total. The van der Waals surface area contributed by atoms with Gasteiger partial charge in [0.1, 0.15) is 0 Å². The second-order valence-electron chi connectivity index (χ2n) is 2.78. The molecule has 0 heterocycles. The lowest BCUT2D eigenvalue weighted by atomic mass is 10.1. The molecule has 13 heavy (non-hydrogen) atoms.